The summed E-state index contributed by atoms with van der Waals surface area (Å²) >= 11 is 4.89. The van der Waals surface area contributed by atoms with E-state index < -0.39 is 0 Å². The topological polar surface area (TPSA) is 38.3 Å². The van der Waals surface area contributed by atoms with Crippen LogP contribution in [0.2, 0.25) is 0 Å². The maximum Gasteiger partial charge on any atom is 0.323 e. The molecule has 0 aliphatic carbocycles. The second-order valence-electron chi connectivity index (χ2n) is 2.20. The quantitative estimate of drug-likeness (QED) is 0.428. The van der Waals surface area contributed by atoms with E-state index >= 15 is 0 Å². The maximum absolute atomic E-state index is 10.8. The lowest BCUT2D eigenvalue weighted by molar-refractivity contribution is -0.142. The summed E-state index contributed by atoms with van der Waals surface area (Å²) in [6.07, 6.45) is 0.641. The molecule has 1 heterocycles. The molecule has 0 aromatic carbocycles. The van der Waals surface area contributed by atoms with Gasteiger partial charge >= 0.3 is 5.97 Å². The molecule has 0 radical (unpaired) electrons. The van der Waals surface area contributed by atoms with Crippen molar-refractivity contribution in [3.63, 3.8) is 0 Å². The molecule has 1 aliphatic heterocycles. The van der Waals surface area contributed by atoms with Gasteiger partial charge in [-0.15, -0.1) is 0 Å². The largest absolute Gasteiger partial charge is 0.468 e. The summed E-state index contributed by atoms with van der Waals surface area (Å²) < 4.78 is 4.52. The number of hydrogen-bond acceptors (Lipinski definition) is 4. The third-order valence-corrected chi connectivity index (χ3v) is 1.77. The third-order valence-electron chi connectivity index (χ3n) is 1.46. The first-order valence-corrected chi connectivity index (χ1v) is 3.48. The first-order chi connectivity index (χ1) is 4.74. The van der Waals surface area contributed by atoms with Gasteiger partial charge in [0.1, 0.15) is 6.04 Å². The van der Waals surface area contributed by atoms with E-state index in [1.165, 1.54) is 7.11 Å². The Morgan fingerprint density at radius 3 is 3.00 bits per heavy atom. The minimum absolute atomic E-state index is 0.197. The van der Waals surface area contributed by atoms with Crippen LogP contribution in [0, 0.1) is 0 Å². The van der Waals surface area contributed by atoms with Crippen molar-refractivity contribution in [1.29, 1.82) is 0 Å². The molecule has 1 fully saturated rings. The van der Waals surface area contributed by atoms with E-state index in [1.54, 1.807) is 0 Å². The number of carbonyl (C=O) groups excluding carboxylic acids is 1. The minimum Gasteiger partial charge on any atom is -0.468 e. The SMILES string of the molecule is COC(=O)[C@@H]1CC(=S)CN1. The molecule has 0 aromatic rings. The van der Waals surface area contributed by atoms with Crippen LogP contribution >= 0.6 is 12.2 Å². The smallest absolute Gasteiger partial charge is 0.323 e. The fourth-order valence-electron chi connectivity index (χ4n) is 0.918. The van der Waals surface area contributed by atoms with Gasteiger partial charge < -0.3 is 4.74 Å². The summed E-state index contributed by atoms with van der Waals surface area (Å²) in [5.41, 5.74) is 0. The number of esters is 1. The monoisotopic (exact) mass is 159 g/mol. The van der Waals surface area contributed by atoms with Crippen molar-refractivity contribution in [1.82, 2.24) is 5.32 Å². The second kappa shape index (κ2) is 3.07. The molecule has 56 valence electrons. The van der Waals surface area contributed by atoms with Crippen LogP contribution in [0.15, 0.2) is 0 Å². The Labute approximate surface area is 64.7 Å². The van der Waals surface area contributed by atoms with E-state index in [9.17, 15) is 4.79 Å². The fourth-order valence-corrected chi connectivity index (χ4v) is 1.17. The third kappa shape index (κ3) is 1.52. The first kappa shape index (κ1) is 7.63. The molecule has 1 rings (SSSR count). The standard InChI is InChI=1S/C6H9NO2S/c1-9-6(8)5-2-4(10)3-7-5/h5,7H,2-3H2,1H3/t5-/m0/s1. The average molecular weight is 159 g/mol. The lowest BCUT2D eigenvalue weighted by atomic mass is 10.2. The van der Waals surface area contributed by atoms with E-state index in [4.69, 9.17) is 12.2 Å². The van der Waals surface area contributed by atoms with Gasteiger partial charge in [0.15, 0.2) is 0 Å². The van der Waals surface area contributed by atoms with Crippen LogP contribution in [0.25, 0.3) is 0 Å². The number of methoxy groups -OCH3 is 1. The van der Waals surface area contributed by atoms with Gasteiger partial charge in [-0.05, 0) is 0 Å². The Morgan fingerprint density at radius 1 is 1.90 bits per heavy atom. The number of rotatable bonds is 1. The van der Waals surface area contributed by atoms with Gasteiger partial charge in [0.05, 0.1) is 7.11 Å². The summed E-state index contributed by atoms with van der Waals surface area (Å²) in [7, 11) is 1.38. The van der Waals surface area contributed by atoms with Crippen molar-refractivity contribution < 1.29 is 9.53 Å². The highest BCUT2D eigenvalue weighted by atomic mass is 32.1. The van der Waals surface area contributed by atoms with Crippen molar-refractivity contribution in [3.8, 4) is 0 Å². The van der Waals surface area contributed by atoms with Crippen LogP contribution < -0.4 is 5.32 Å². The molecule has 1 aliphatic rings. The van der Waals surface area contributed by atoms with Gasteiger partial charge in [-0.1, -0.05) is 12.2 Å². The molecule has 3 nitrogen and oxygen atoms in total. The average Bonchev–Trinajstić information content (AvgIpc) is 2.34. The number of carbonyl (C=O) groups is 1. The summed E-state index contributed by atoms with van der Waals surface area (Å²) in [5.74, 6) is -0.222. The molecule has 0 amide bonds. The van der Waals surface area contributed by atoms with Crippen molar-refractivity contribution >= 4 is 23.1 Å². The van der Waals surface area contributed by atoms with E-state index in [-0.39, 0.29) is 12.0 Å². The van der Waals surface area contributed by atoms with Crippen molar-refractivity contribution in [2.75, 3.05) is 13.7 Å². The predicted octanol–water partition coefficient (Wildman–Crippen LogP) is -0.109. The molecule has 0 saturated carbocycles. The van der Waals surface area contributed by atoms with Gasteiger partial charge in [-0.25, -0.2) is 0 Å². The summed E-state index contributed by atoms with van der Waals surface area (Å²) in [5, 5.41) is 2.94. The lowest BCUT2D eigenvalue weighted by Gasteiger charge is -2.04. The van der Waals surface area contributed by atoms with Gasteiger partial charge in [0.2, 0.25) is 0 Å². The molecule has 4 heteroatoms. The number of ether oxygens (including phenoxy) is 1. The molecular weight excluding hydrogens is 150 g/mol. The molecule has 1 N–H and O–H groups in total. The Hall–Kier alpha value is -0.480. The zero-order valence-electron chi connectivity index (χ0n) is 5.72. The molecule has 1 saturated heterocycles. The minimum atomic E-state index is -0.222. The number of nitrogens with one attached hydrogen (secondary N) is 1. The zero-order chi connectivity index (χ0) is 7.56. The van der Waals surface area contributed by atoms with E-state index in [1.807, 2.05) is 0 Å². The van der Waals surface area contributed by atoms with Crippen molar-refractivity contribution in [3.05, 3.63) is 0 Å². The molecule has 1 atom stereocenters. The van der Waals surface area contributed by atoms with Crippen LogP contribution in [-0.4, -0.2) is 30.5 Å². The first-order valence-electron chi connectivity index (χ1n) is 3.07. The van der Waals surface area contributed by atoms with Gasteiger partial charge in [0, 0.05) is 17.8 Å². The lowest BCUT2D eigenvalue weighted by Crippen LogP contribution is -2.31. The molecule has 0 bridgehead atoms. The van der Waals surface area contributed by atoms with E-state index in [0.29, 0.717) is 13.0 Å². The van der Waals surface area contributed by atoms with Crippen LogP contribution in [0.4, 0.5) is 0 Å². The maximum atomic E-state index is 10.8. The normalized spacial score (nSPS) is 24.9. The van der Waals surface area contributed by atoms with Crippen LogP contribution in [-0.2, 0) is 9.53 Å². The Morgan fingerprint density at radius 2 is 2.60 bits per heavy atom. The highest BCUT2D eigenvalue weighted by Crippen LogP contribution is 2.04. The zero-order valence-corrected chi connectivity index (χ0v) is 6.53. The Kier molecular flexibility index (Phi) is 2.34. The predicted molar refractivity (Wildman–Crippen MR) is 41.0 cm³/mol. The summed E-state index contributed by atoms with van der Waals surface area (Å²) in [4.78, 5) is 11.7. The highest BCUT2D eigenvalue weighted by molar-refractivity contribution is 7.80. The fraction of sp³-hybridized carbons (Fsp3) is 0.667. The summed E-state index contributed by atoms with van der Waals surface area (Å²) in [6, 6.07) is -0.197. The van der Waals surface area contributed by atoms with Crippen LogP contribution in [0.3, 0.4) is 0 Å². The summed E-state index contributed by atoms with van der Waals surface area (Å²) in [6.45, 7) is 0.662. The molecule has 10 heavy (non-hydrogen) atoms. The second-order valence-corrected chi connectivity index (χ2v) is 2.78. The number of thiocarbonyl (C=S) groups is 1. The molecule has 0 aromatic heterocycles. The van der Waals surface area contributed by atoms with E-state index in [0.717, 1.165) is 4.86 Å². The molecule has 0 unspecified atom stereocenters. The number of hydrogen-bond donors (Lipinski definition) is 1. The highest BCUT2D eigenvalue weighted by Gasteiger charge is 2.25. The van der Waals surface area contributed by atoms with Crippen LogP contribution in [0.1, 0.15) is 6.42 Å². The Bertz CT molecular complexity index is 169. The Balaban J connectivity index is 2.44. The molecule has 0 spiro atoms. The van der Waals surface area contributed by atoms with Gasteiger partial charge in [0.25, 0.3) is 0 Å². The van der Waals surface area contributed by atoms with Gasteiger partial charge in [-0.3, -0.25) is 10.1 Å². The van der Waals surface area contributed by atoms with Gasteiger partial charge in [-0.2, -0.15) is 0 Å². The van der Waals surface area contributed by atoms with Crippen LogP contribution in [0.5, 0.6) is 0 Å². The molecular formula is C6H9NO2S. The van der Waals surface area contributed by atoms with Crippen molar-refractivity contribution in [2.45, 2.75) is 12.5 Å². The van der Waals surface area contributed by atoms with Crippen molar-refractivity contribution in [2.24, 2.45) is 0 Å². The van der Waals surface area contributed by atoms with E-state index in [2.05, 4.69) is 10.1 Å².